The molecule has 2 aromatic heterocycles. The van der Waals surface area contributed by atoms with E-state index in [4.69, 9.17) is 24.1 Å². The maximum Gasteiger partial charge on any atom is 0.283 e. The topological polar surface area (TPSA) is 156 Å². The van der Waals surface area contributed by atoms with Crippen LogP contribution in [-0.2, 0) is 16.0 Å². The van der Waals surface area contributed by atoms with Gasteiger partial charge in [0.1, 0.15) is 6.10 Å². The zero-order valence-corrected chi connectivity index (χ0v) is 20.0. The van der Waals surface area contributed by atoms with E-state index in [-0.39, 0.29) is 43.8 Å². The van der Waals surface area contributed by atoms with Crippen LogP contribution in [0.4, 0.5) is 0 Å². The second kappa shape index (κ2) is 14.3. The van der Waals surface area contributed by atoms with Crippen molar-refractivity contribution in [2.75, 3.05) is 52.7 Å². The Balaban J connectivity index is 1.47. The first-order chi connectivity index (χ1) is 17.0. The number of hydrogen-bond donors (Lipinski definition) is 6. The molecule has 198 valence electrons. The van der Waals surface area contributed by atoms with Gasteiger partial charge >= 0.3 is 0 Å². The normalized spacial score (nSPS) is 16.9. The van der Waals surface area contributed by atoms with Crippen molar-refractivity contribution in [2.24, 2.45) is 0 Å². The number of aryl methyl sites for hydroxylation is 1. The van der Waals surface area contributed by atoms with Crippen LogP contribution in [0, 0.1) is 6.07 Å². The lowest BCUT2D eigenvalue weighted by Crippen LogP contribution is -3.10. The van der Waals surface area contributed by atoms with Crippen LogP contribution in [0.2, 0.25) is 0 Å². The molecule has 12 nitrogen and oxygen atoms in total. The molecule has 1 aliphatic heterocycles. The fourth-order valence-corrected chi connectivity index (χ4v) is 3.84. The number of hydrogen-bond acceptors (Lipinski definition) is 9. The van der Waals surface area contributed by atoms with Crippen molar-refractivity contribution in [1.82, 2.24) is 14.5 Å². The summed E-state index contributed by atoms with van der Waals surface area (Å²) in [6.07, 6.45) is 8.20. The Bertz CT molecular complexity index is 828. The van der Waals surface area contributed by atoms with Crippen LogP contribution >= 0.6 is 0 Å². The number of imidazole rings is 1. The zero-order chi connectivity index (χ0) is 24.9. The average Bonchev–Trinajstić information content (AvgIpc) is 3.61. The Morgan fingerprint density at radius 3 is 2.66 bits per heavy atom. The molecule has 2 unspecified atom stereocenters. The van der Waals surface area contributed by atoms with Crippen LogP contribution < -0.4 is 14.4 Å². The molecule has 2 aromatic rings. The molecule has 1 saturated heterocycles. The molecule has 0 saturated carbocycles. The first-order valence-corrected chi connectivity index (χ1v) is 12.2. The minimum Gasteiger partial charge on any atom is -0.558 e. The maximum atomic E-state index is 11.0. The van der Waals surface area contributed by atoms with Gasteiger partial charge in [-0.25, -0.2) is 4.98 Å². The molecule has 3 rings (SSSR count). The number of quaternary nitrogens is 1. The molecule has 0 radical (unpaired) electrons. The van der Waals surface area contributed by atoms with Crippen LogP contribution in [0.3, 0.4) is 0 Å². The van der Waals surface area contributed by atoms with E-state index in [1.165, 1.54) is 25.9 Å². The third kappa shape index (κ3) is 9.67. The van der Waals surface area contributed by atoms with Gasteiger partial charge in [-0.1, -0.05) is 0 Å². The van der Waals surface area contributed by atoms with E-state index in [1.807, 2.05) is 10.8 Å². The number of aliphatic hydroxyl groups is 3. The summed E-state index contributed by atoms with van der Waals surface area (Å²) in [5.74, 6) is -2.01. The highest BCUT2D eigenvalue weighted by Gasteiger charge is 2.29. The molecule has 1 fully saturated rings. The SMILES string of the molecule is OCC(O)COc1[nH]c(O)[c-]c1OCCC(O)(OCCCn1ccnc1)OCCC[NH+]1CCCC1. The van der Waals surface area contributed by atoms with Crippen LogP contribution in [0.1, 0.15) is 32.1 Å². The lowest BCUT2D eigenvalue weighted by atomic mass is 10.3. The number of rotatable bonds is 18. The lowest BCUT2D eigenvalue weighted by molar-refractivity contribution is -0.887. The first kappa shape index (κ1) is 27.2. The minimum absolute atomic E-state index is 0.00708. The second-order valence-corrected chi connectivity index (χ2v) is 8.63. The van der Waals surface area contributed by atoms with E-state index >= 15 is 0 Å². The van der Waals surface area contributed by atoms with Gasteiger partial charge in [-0.15, -0.1) is 6.07 Å². The number of likely N-dealkylation sites (tertiary alicyclic amines) is 1. The summed E-state index contributed by atoms with van der Waals surface area (Å²) in [7, 11) is 0. The Morgan fingerprint density at radius 1 is 1.17 bits per heavy atom. The van der Waals surface area contributed by atoms with Crippen LogP contribution in [0.15, 0.2) is 18.7 Å². The van der Waals surface area contributed by atoms with E-state index in [1.54, 1.807) is 17.4 Å². The first-order valence-electron chi connectivity index (χ1n) is 12.2. The Kier molecular flexibility index (Phi) is 11.1. The summed E-state index contributed by atoms with van der Waals surface area (Å²) in [5, 5.41) is 39.1. The van der Waals surface area contributed by atoms with E-state index in [0.717, 1.165) is 13.0 Å². The number of H-pyrrole nitrogens is 1. The van der Waals surface area contributed by atoms with E-state index < -0.39 is 18.7 Å². The van der Waals surface area contributed by atoms with E-state index in [9.17, 15) is 15.3 Å². The predicted octanol–water partition coefficient (Wildman–Crippen LogP) is -0.944. The fourth-order valence-electron chi connectivity index (χ4n) is 3.84. The van der Waals surface area contributed by atoms with Gasteiger partial charge in [0, 0.05) is 44.0 Å². The van der Waals surface area contributed by atoms with Gasteiger partial charge in [-0.05, 0) is 6.42 Å². The fraction of sp³-hybridized carbons (Fsp3) is 0.696. The summed E-state index contributed by atoms with van der Waals surface area (Å²) < 4.78 is 24.3. The number of nitrogens with zero attached hydrogens (tertiary/aromatic N) is 2. The molecule has 0 aromatic carbocycles. The Hall–Kier alpha value is -2.35. The van der Waals surface area contributed by atoms with Gasteiger partial charge in [0.2, 0.25) is 0 Å². The largest absolute Gasteiger partial charge is 0.558 e. The molecular weight excluding hydrogens is 460 g/mol. The molecule has 3 heterocycles. The average molecular weight is 499 g/mol. The molecule has 0 amide bonds. The maximum absolute atomic E-state index is 11.0. The number of nitrogens with one attached hydrogen (secondary N) is 2. The second-order valence-electron chi connectivity index (χ2n) is 8.63. The number of aromatic amines is 1. The highest BCUT2D eigenvalue weighted by molar-refractivity contribution is 5.38. The molecule has 12 heteroatoms. The monoisotopic (exact) mass is 498 g/mol. The lowest BCUT2D eigenvalue weighted by Gasteiger charge is -2.29. The van der Waals surface area contributed by atoms with E-state index in [2.05, 4.69) is 16.0 Å². The summed E-state index contributed by atoms with van der Waals surface area (Å²) in [5.41, 5.74) is 0. The summed E-state index contributed by atoms with van der Waals surface area (Å²) >= 11 is 0. The number of aromatic nitrogens is 3. The minimum atomic E-state index is -1.83. The van der Waals surface area contributed by atoms with Crippen molar-refractivity contribution in [3.8, 4) is 17.5 Å². The van der Waals surface area contributed by atoms with E-state index in [0.29, 0.717) is 19.6 Å². The van der Waals surface area contributed by atoms with Crippen molar-refractivity contribution >= 4 is 0 Å². The van der Waals surface area contributed by atoms with Gasteiger partial charge < -0.3 is 53.8 Å². The van der Waals surface area contributed by atoms with Crippen molar-refractivity contribution in [2.45, 2.75) is 50.7 Å². The number of aliphatic hydroxyl groups excluding tert-OH is 2. The summed E-state index contributed by atoms with van der Waals surface area (Å²) in [4.78, 5) is 8.09. The third-order valence-electron chi connectivity index (χ3n) is 5.73. The van der Waals surface area contributed by atoms with Crippen molar-refractivity contribution in [1.29, 1.82) is 0 Å². The quantitative estimate of drug-likeness (QED) is 0.0867. The van der Waals surface area contributed by atoms with Gasteiger partial charge in [0.25, 0.3) is 5.97 Å². The molecule has 35 heavy (non-hydrogen) atoms. The molecule has 0 bridgehead atoms. The predicted molar refractivity (Wildman–Crippen MR) is 123 cm³/mol. The van der Waals surface area contributed by atoms with Gasteiger partial charge in [0.05, 0.1) is 77.2 Å². The molecule has 2 atom stereocenters. The van der Waals surface area contributed by atoms with Crippen molar-refractivity contribution in [3.05, 3.63) is 24.8 Å². The number of aromatic hydroxyl groups is 1. The standard InChI is InChI=1S/C23H37N4O8/c28-16-19(29)17-33-22-20(15-21(30)25-22)32-14-5-23(31,34-12-3-9-26-7-1-2-8-26)35-13-4-10-27-11-6-24-18-27/h6,11,18-19,25,28-31H,1-5,7-10,12-14,16-17H2/q-1/p+1. The third-order valence-corrected chi connectivity index (χ3v) is 5.73. The zero-order valence-electron chi connectivity index (χ0n) is 20.0. The number of ether oxygens (including phenoxy) is 4. The Morgan fingerprint density at radius 2 is 1.94 bits per heavy atom. The molecular formula is C23H38N4O8. The summed E-state index contributed by atoms with van der Waals surface area (Å²) in [6, 6.07) is 2.56. The Labute approximate surface area is 205 Å². The molecule has 0 aliphatic carbocycles. The van der Waals surface area contributed by atoms with Gasteiger partial charge in [-0.3, -0.25) is 0 Å². The van der Waals surface area contributed by atoms with Crippen LogP contribution in [0.25, 0.3) is 0 Å². The van der Waals surface area contributed by atoms with Crippen molar-refractivity contribution in [3.63, 3.8) is 0 Å². The highest BCUT2D eigenvalue weighted by atomic mass is 16.8. The summed E-state index contributed by atoms with van der Waals surface area (Å²) in [6.45, 7) is 4.01. The molecule has 1 aliphatic rings. The smallest absolute Gasteiger partial charge is 0.283 e. The van der Waals surface area contributed by atoms with Crippen LogP contribution in [0.5, 0.6) is 17.5 Å². The highest BCUT2D eigenvalue weighted by Crippen LogP contribution is 2.31. The van der Waals surface area contributed by atoms with Gasteiger partial charge in [-0.2, -0.15) is 0 Å². The van der Waals surface area contributed by atoms with Crippen LogP contribution in [-0.4, -0.2) is 99.7 Å². The molecule has 0 spiro atoms. The molecule has 6 N–H and O–H groups in total. The van der Waals surface area contributed by atoms with Gasteiger partial charge in [0.15, 0.2) is 0 Å². The van der Waals surface area contributed by atoms with Crippen molar-refractivity contribution < 1.29 is 44.3 Å².